The second-order valence-corrected chi connectivity index (χ2v) is 7.01. The molecule has 2 bridgehead atoms. The zero-order valence-corrected chi connectivity index (χ0v) is 14.0. The standard InChI is InChI=1S/C16H26N2O3.ClH/c1-21-15(20)16(6-2-3-7-16)18-14(19)10-11-8-12-4-5-13(9-11)17-12;/h11-13,17H,2-10H2,1H3,(H,18,19);1H. The molecule has 2 N–H and O–H groups in total. The molecule has 3 fully saturated rings. The topological polar surface area (TPSA) is 67.4 Å². The molecule has 0 spiro atoms. The summed E-state index contributed by atoms with van der Waals surface area (Å²) in [5.74, 6) is 0.201. The first kappa shape index (κ1) is 17.5. The molecule has 2 saturated heterocycles. The van der Waals surface area contributed by atoms with Gasteiger partial charge in [0.2, 0.25) is 5.91 Å². The van der Waals surface area contributed by atoms with E-state index in [0.717, 1.165) is 25.7 Å². The molecule has 126 valence electrons. The van der Waals surface area contributed by atoms with E-state index >= 15 is 0 Å². The lowest BCUT2D eigenvalue weighted by Crippen LogP contribution is -2.53. The Morgan fingerprint density at radius 2 is 1.77 bits per heavy atom. The molecule has 0 aromatic carbocycles. The van der Waals surface area contributed by atoms with Crippen LogP contribution in [0.15, 0.2) is 0 Å². The second kappa shape index (κ2) is 7.18. The van der Waals surface area contributed by atoms with Crippen molar-refractivity contribution in [1.82, 2.24) is 10.6 Å². The molecule has 3 aliphatic rings. The highest BCUT2D eigenvalue weighted by atomic mass is 35.5. The molecule has 3 rings (SSSR count). The number of rotatable bonds is 4. The number of piperidine rings is 1. The van der Waals surface area contributed by atoms with Gasteiger partial charge in [0.25, 0.3) is 0 Å². The molecule has 2 heterocycles. The molecule has 1 aliphatic carbocycles. The molecule has 5 nitrogen and oxygen atoms in total. The minimum Gasteiger partial charge on any atom is -0.467 e. The summed E-state index contributed by atoms with van der Waals surface area (Å²) >= 11 is 0. The van der Waals surface area contributed by atoms with Crippen LogP contribution in [0.25, 0.3) is 0 Å². The minimum atomic E-state index is -0.752. The van der Waals surface area contributed by atoms with Crippen LogP contribution in [-0.4, -0.2) is 36.6 Å². The third-order valence-corrected chi connectivity index (χ3v) is 5.46. The molecule has 0 radical (unpaired) electrons. The highest BCUT2D eigenvalue weighted by Crippen LogP contribution is 2.34. The van der Waals surface area contributed by atoms with Crippen LogP contribution in [0, 0.1) is 5.92 Å². The maximum Gasteiger partial charge on any atom is 0.331 e. The van der Waals surface area contributed by atoms with Gasteiger partial charge in [0, 0.05) is 18.5 Å². The SMILES string of the molecule is COC(=O)C1(NC(=O)CC2CC3CCC(C2)N3)CCCC1.Cl. The molecule has 0 aromatic rings. The smallest absolute Gasteiger partial charge is 0.331 e. The number of ether oxygens (including phenoxy) is 1. The lowest BCUT2D eigenvalue weighted by molar-refractivity contribution is -0.151. The monoisotopic (exact) mass is 330 g/mol. The predicted molar refractivity (Wildman–Crippen MR) is 85.9 cm³/mol. The van der Waals surface area contributed by atoms with Gasteiger partial charge in [-0.15, -0.1) is 12.4 Å². The first-order chi connectivity index (χ1) is 10.1. The summed E-state index contributed by atoms with van der Waals surface area (Å²) in [6.07, 6.45) is 8.60. The highest BCUT2D eigenvalue weighted by molar-refractivity contribution is 5.88. The molecule has 2 aliphatic heterocycles. The van der Waals surface area contributed by atoms with E-state index in [2.05, 4.69) is 10.6 Å². The number of halogens is 1. The van der Waals surface area contributed by atoms with Crippen LogP contribution in [0.1, 0.15) is 57.8 Å². The summed E-state index contributed by atoms with van der Waals surface area (Å²) in [5, 5.41) is 6.60. The quantitative estimate of drug-likeness (QED) is 0.773. The van der Waals surface area contributed by atoms with Crippen LogP contribution < -0.4 is 10.6 Å². The van der Waals surface area contributed by atoms with Gasteiger partial charge in [-0.1, -0.05) is 12.8 Å². The maximum atomic E-state index is 12.4. The van der Waals surface area contributed by atoms with Crippen LogP contribution in [0.2, 0.25) is 0 Å². The van der Waals surface area contributed by atoms with E-state index in [4.69, 9.17) is 4.74 Å². The van der Waals surface area contributed by atoms with E-state index in [0.29, 0.717) is 37.3 Å². The average Bonchev–Trinajstić information content (AvgIpc) is 3.05. The van der Waals surface area contributed by atoms with Crippen LogP contribution in [0.3, 0.4) is 0 Å². The van der Waals surface area contributed by atoms with Gasteiger partial charge >= 0.3 is 5.97 Å². The molecule has 22 heavy (non-hydrogen) atoms. The van der Waals surface area contributed by atoms with Crippen molar-refractivity contribution in [2.75, 3.05) is 7.11 Å². The Labute approximate surface area is 138 Å². The third kappa shape index (κ3) is 3.57. The van der Waals surface area contributed by atoms with Gasteiger partial charge in [-0.3, -0.25) is 4.79 Å². The van der Waals surface area contributed by atoms with Crippen LogP contribution in [0.5, 0.6) is 0 Å². The molecule has 1 amide bonds. The predicted octanol–water partition coefficient (Wildman–Crippen LogP) is 1.93. The van der Waals surface area contributed by atoms with Gasteiger partial charge < -0.3 is 15.4 Å². The fraction of sp³-hybridized carbons (Fsp3) is 0.875. The highest BCUT2D eigenvalue weighted by Gasteiger charge is 2.44. The summed E-state index contributed by atoms with van der Waals surface area (Å²) in [6, 6.07) is 1.20. The van der Waals surface area contributed by atoms with Crippen molar-refractivity contribution in [1.29, 1.82) is 0 Å². The Kier molecular flexibility index (Phi) is 5.72. The lowest BCUT2D eigenvalue weighted by Gasteiger charge is -2.31. The molecule has 0 aromatic heterocycles. The fourth-order valence-corrected chi connectivity index (χ4v) is 4.48. The lowest BCUT2D eigenvalue weighted by atomic mass is 9.88. The summed E-state index contributed by atoms with van der Waals surface area (Å²) in [4.78, 5) is 24.4. The number of carbonyl (C=O) groups excluding carboxylic acids is 2. The van der Waals surface area contributed by atoms with Gasteiger partial charge in [-0.05, 0) is 44.4 Å². The Hall–Kier alpha value is -0.810. The van der Waals surface area contributed by atoms with E-state index in [9.17, 15) is 9.59 Å². The minimum absolute atomic E-state index is 0. The molecule has 1 saturated carbocycles. The van der Waals surface area contributed by atoms with Crippen molar-refractivity contribution in [2.45, 2.75) is 75.4 Å². The zero-order chi connectivity index (χ0) is 14.9. The number of hydrogen-bond acceptors (Lipinski definition) is 4. The van der Waals surface area contributed by atoms with Gasteiger partial charge in [0.1, 0.15) is 5.54 Å². The van der Waals surface area contributed by atoms with Crippen molar-refractivity contribution in [3.63, 3.8) is 0 Å². The van der Waals surface area contributed by atoms with Crippen molar-refractivity contribution < 1.29 is 14.3 Å². The number of nitrogens with one attached hydrogen (secondary N) is 2. The summed E-state index contributed by atoms with van der Waals surface area (Å²) in [6.45, 7) is 0. The van der Waals surface area contributed by atoms with Crippen molar-refractivity contribution in [2.24, 2.45) is 5.92 Å². The molecule has 2 atom stereocenters. The summed E-state index contributed by atoms with van der Waals surface area (Å²) in [5.41, 5.74) is -0.752. The van der Waals surface area contributed by atoms with Crippen molar-refractivity contribution in [3.05, 3.63) is 0 Å². The van der Waals surface area contributed by atoms with Gasteiger partial charge in [-0.2, -0.15) is 0 Å². The average molecular weight is 331 g/mol. The van der Waals surface area contributed by atoms with E-state index in [1.165, 1.54) is 20.0 Å². The largest absolute Gasteiger partial charge is 0.467 e. The van der Waals surface area contributed by atoms with Crippen LogP contribution >= 0.6 is 12.4 Å². The maximum absolute atomic E-state index is 12.4. The van der Waals surface area contributed by atoms with E-state index in [1.54, 1.807) is 0 Å². The van der Waals surface area contributed by atoms with E-state index in [-0.39, 0.29) is 24.3 Å². The zero-order valence-electron chi connectivity index (χ0n) is 13.2. The molecular weight excluding hydrogens is 304 g/mol. The molecule has 2 unspecified atom stereocenters. The van der Waals surface area contributed by atoms with E-state index in [1.807, 2.05) is 0 Å². The Balaban J connectivity index is 0.00000176. The summed E-state index contributed by atoms with van der Waals surface area (Å²) in [7, 11) is 1.40. The number of amides is 1. The van der Waals surface area contributed by atoms with Gasteiger partial charge in [0.15, 0.2) is 0 Å². The third-order valence-electron chi connectivity index (χ3n) is 5.46. The first-order valence-corrected chi connectivity index (χ1v) is 8.27. The van der Waals surface area contributed by atoms with Crippen molar-refractivity contribution >= 4 is 24.3 Å². The fourth-order valence-electron chi connectivity index (χ4n) is 4.48. The Bertz CT molecular complexity index is 412. The number of carbonyl (C=O) groups is 2. The molecular formula is C16H27ClN2O3. The number of fused-ring (bicyclic) bond motifs is 2. The number of esters is 1. The van der Waals surface area contributed by atoms with Gasteiger partial charge in [-0.25, -0.2) is 4.79 Å². The second-order valence-electron chi connectivity index (χ2n) is 7.01. The first-order valence-electron chi connectivity index (χ1n) is 8.27. The Morgan fingerprint density at radius 1 is 1.18 bits per heavy atom. The van der Waals surface area contributed by atoms with Crippen LogP contribution in [-0.2, 0) is 14.3 Å². The van der Waals surface area contributed by atoms with Crippen LogP contribution in [0.4, 0.5) is 0 Å². The van der Waals surface area contributed by atoms with Crippen molar-refractivity contribution in [3.8, 4) is 0 Å². The van der Waals surface area contributed by atoms with E-state index < -0.39 is 5.54 Å². The van der Waals surface area contributed by atoms with Gasteiger partial charge in [0.05, 0.1) is 7.11 Å². The number of methoxy groups -OCH3 is 1. The Morgan fingerprint density at radius 3 is 2.32 bits per heavy atom. The number of hydrogen-bond donors (Lipinski definition) is 2. The summed E-state index contributed by atoms with van der Waals surface area (Å²) < 4.78 is 4.91. The molecule has 6 heteroatoms. The normalized spacial score (nSPS) is 32.1.